The molecule has 35 heavy (non-hydrogen) atoms. The number of fused-ring (bicyclic) bond motifs is 1. The number of morpholine rings is 1. The molecule has 0 spiro atoms. The Kier molecular flexibility index (Phi) is 6.18. The number of carbonyl (C=O) groups excluding carboxylic acids is 1. The van der Waals surface area contributed by atoms with Gasteiger partial charge in [-0.3, -0.25) is 14.7 Å². The number of pyridine rings is 1. The Morgan fingerprint density at radius 1 is 1.00 bits per heavy atom. The zero-order valence-electron chi connectivity index (χ0n) is 18.5. The molecule has 1 aliphatic rings. The van der Waals surface area contributed by atoms with Gasteiger partial charge < -0.3 is 10.1 Å². The fourth-order valence-electron chi connectivity index (χ4n) is 3.89. The summed E-state index contributed by atoms with van der Waals surface area (Å²) in [4.78, 5) is 23.6. The van der Waals surface area contributed by atoms with Gasteiger partial charge in [-0.1, -0.05) is 18.2 Å². The molecule has 5 rings (SSSR count). The summed E-state index contributed by atoms with van der Waals surface area (Å²) in [5.74, 6) is -0.200. The van der Waals surface area contributed by atoms with Crippen molar-refractivity contribution in [1.29, 1.82) is 0 Å². The zero-order valence-corrected chi connectivity index (χ0v) is 18.5. The standard InChI is InChI=1S/C24H21F3N6O2/c25-24(26,27)19-4-2-1-3-18(19)20-7-8-21-29-14-22(33(21)31-20)30-23(34)16-5-6-17(28-13-16)15-32-9-11-35-12-10-32/h1-8,13-14H,9-12,15H2,(H,30,34). The average molecular weight is 482 g/mol. The molecule has 1 N–H and O–H groups in total. The van der Waals surface area contributed by atoms with Gasteiger partial charge in [0.05, 0.1) is 41.9 Å². The van der Waals surface area contributed by atoms with Crippen LogP contribution in [0.4, 0.5) is 19.0 Å². The topological polar surface area (TPSA) is 84.7 Å². The minimum atomic E-state index is -4.53. The molecule has 0 aliphatic carbocycles. The summed E-state index contributed by atoms with van der Waals surface area (Å²) < 4.78 is 47.1. The first-order valence-corrected chi connectivity index (χ1v) is 11.0. The Morgan fingerprint density at radius 2 is 1.80 bits per heavy atom. The number of nitrogens with zero attached hydrogens (tertiary/aromatic N) is 5. The Hall–Kier alpha value is -3.83. The third kappa shape index (κ3) is 5.00. The summed E-state index contributed by atoms with van der Waals surface area (Å²) in [6, 6.07) is 11.7. The van der Waals surface area contributed by atoms with Crippen molar-refractivity contribution in [2.75, 3.05) is 31.6 Å². The van der Waals surface area contributed by atoms with Crippen molar-refractivity contribution < 1.29 is 22.7 Å². The SMILES string of the molecule is O=C(Nc1cnc2ccc(-c3ccccc3C(F)(F)F)nn12)c1ccc(CN2CCOCC2)nc1. The smallest absolute Gasteiger partial charge is 0.379 e. The molecule has 1 aromatic carbocycles. The summed E-state index contributed by atoms with van der Waals surface area (Å²) in [6.07, 6.45) is -1.63. The van der Waals surface area contributed by atoms with Crippen LogP contribution in [-0.4, -0.2) is 56.7 Å². The van der Waals surface area contributed by atoms with Crippen LogP contribution in [0.25, 0.3) is 16.9 Å². The number of benzene rings is 1. The summed E-state index contributed by atoms with van der Waals surface area (Å²) in [5.41, 5.74) is 0.812. The second kappa shape index (κ2) is 9.43. The number of halogens is 3. The van der Waals surface area contributed by atoms with E-state index in [4.69, 9.17) is 4.74 Å². The van der Waals surface area contributed by atoms with E-state index in [0.29, 0.717) is 31.0 Å². The van der Waals surface area contributed by atoms with E-state index in [1.54, 1.807) is 18.2 Å². The molecule has 4 aromatic rings. The summed E-state index contributed by atoms with van der Waals surface area (Å²) in [6.45, 7) is 3.72. The van der Waals surface area contributed by atoms with Crippen molar-refractivity contribution >= 4 is 17.4 Å². The van der Waals surface area contributed by atoms with Crippen LogP contribution >= 0.6 is 0 Å². The van der Waals surface area contributed by atoms with E-state index in [1.165, 1.54) is 41.2 Å². The number of amides is 1. The van der Waals surface area contributed by atoms with Crippen LogP contribution in [0.1, 0.15) is 21.6 Å². The predicted molar refractivity (Wildman–Crippen MR) is 122 cm³/mol. The second-order valence-corrected chi connectivity index (χ2v) is 8.06. The molecule has 8 nitrogen and oxygen atoms in total. The highest BCUT2D eigenvalue weighted by Gasteiger charge is 2.33. The molecule has 4 heterocycles. The normalized spacial score (nSPS) is 14.8. The first-order chi connectivity index (χ1) is 16.9. The van der Waals surface area contributed by atoms with E-state index in [9.17, 15) is 18.0 Å². The number of imidazole rings is 1. The van der Waals surface area contributed by atoms with Crippen LogP contribution in [0.3, 0.4) is 0 Å². The van der Waals surface area contributed by atoms with Crippen molar-refractivity contribution in [3.63, 3.8) is 0 Å². The molecule has 1 amide bonds. The van der Waals surface area contributed by atoms with Crippen LogP contribution in [0, 0.1) is 0 Å². The lowest BCUT2D eigenvalue weighted by molar-refractivity contribution is -0.137. The third-order valence-electron chi connectivity index (χ3n) is 5.69. The zero-order chi connectivity index (χ0) is 24.4. The van der Waals surface area contributed by atoms with Gasteiger partial charge in [-0.15, -0.1) is 0 Å². The molecular formula is C24H21F3N6O2. The van der Waals surface area contributed by atoms with E-state index in [2.05, 4.69) is 25.3 Å². The highest BCUT2D eigenvalue weighted by molar-refractivity contribution is 6.03. The van der Waals surface area contributed by atoms with Gasteiger partial charge in [-0.2, -0.15) is 22.8 Å². The molecule has 0 atom stereocenters. The number of carbonyl (C=O) groups is 1. The van der Waals surface area contributed by atoms with Gasteiger partial charge in [0.25, 0.3) is 5.91 Å². The number of hydrogen-bond donors (Lipinski definition) is 1. The van der Waals surface area contributed by atoms with Crippen LogP contribution in [-0.2, 0) is 17.5 Å². The van der Waals surface area contributed by atoms with E-state index in [-0.39, 0.29) is 17.1 Å². The number of hydrogen-bond acceptors (Lipinski definition) is 6. The van der Waals surface area contributed by atoms with E-state index >= 15 is 0 Å². The molecule has 1 fully saturated rings. The number of rotatable bonds is 5. The fraction of sp³-hybridized carbons (Fsp3) is 0.250. The highest BCUT2D eigenvalue weighted by Crippen LogP contribution is 2.36. The molecule has 3 aromatic heterocycles. The van der Waals surface area contributed by atoms with Crippen molar-refractivity contribution in [2.45, 2.75) is 12.7 Å². The van der Waals surface area contributed by atoms with Crippen LogP contribution in [0.5, 0.6) is 0 Å². The van der Waals surface area contributed by atoms with Gasteiger partial charge in [0.2, 0.25) is 0 Å². The first kappa shape index (κ1) is 22.9. The van der Waals surface area contributed by atoms with Crippen LogP contribution in [0.15, 0.2) is 60.9 Å². The Balaban J connectivity index is 1.36. The Bertz CT molecular complexity index is 1350. The van der Waals surface area contributed by atoms with Crippen molar-refractivity contribution in [3.8, 4) is 11.3 Å². The van der Waals surface area contributed by atoms with Gasteiger partial charge in [0.1, 0.15) is 0 Å². The molecule has 0 radical (unpaired) electrons. The van der Waals surface area contributed by atoms with E-state index < -0.39 is 17.6 Å². The highest BCUT2D eigenvalue weighted by atomic mass is 19.4. The van der Waals surface area contributed by atoms with E-state index in [0.717, 1.165) is 24.8 Å². The molecule has 1 aliphatic heterocycles. The molecule has 180 valence electrons. The van der Waals surface area contributed by atoms with Crippen LogP contribution in [0.2, 0.25) is 0 Å². The first-order valence-electron chi connectivity index (χ1n) is 11.0. The molecule has 11 heteroatoms. The minimum absolute atomic E-state index is 0.0621. The summed E-state index contributed by atoms with van der Waals surface area (Å²) in [5, 5.41) is 7.03. The maximum Gasteiger partial charge on any atom is 0.417 e. The Labute approximate surface area is 198 Å². The number of alkyl halides is 3. The summed E-state index contributed by atoms with van der Waals surface area (Å²) in [7, 11) is 0. The minimum Gasteiger partial charge on any atom is -0.379 e. The largest absolute Gasteiger partial charge is 0.417 e. The molecule has 0 bridgehead atoms. The van der Waals surface area contributed by atoms with Crippen molar-refractivity contribution in [3.05, 3.63) is 77.7 Å². The lowest BCUT2D eigenvalue weighted by Gasteiger charge is -2.26. The van der Waals surface area contributed by atoms with Gasteiger partial charge in [0.15, 0.2) is 11.5 Å². The molecule has 1 saturated heterocycles. The van der Waals surface area contributed by atoms with Crippen LogP contribution < -0.4 is 5.32 Å². The monoisotopic (exact) mass is 482 g/mol. The fourth-order valence-corrected chi connectivity index (χ4v) is 3.89. The molecule has 0 saturated carbocycles. The maximum absolute atomic E-state index is 13.5. The van der Waals surface area contributed by atoms with Crippen molar-refractivity contribution in [1.82, 2.24) is 24.5 Å². The second-order valence-electron chi connectivity index (χ2n) is 8.06. The third-order valence-corrected chi connectivity index (χ3v) is 5.69. The average Bonchev–Trinajstić information content (AvgIpc) is 3.26. The van der Waals surface area contributed by atoms with Crippen molar-refractivity contribution in [2.24, 2.45) is 0 Å². The number of nitrogens with one attached hydrogen (secondary N) is 1. The van der Waals surface area contributed by atoms with Gasteiger partial charge in [-0.25, -0.2) is 4.98 Å². The molecule has 0 unspecified atom stereocenters. The summed E-state index contributed by atoms with van der Waals surface area (Å²) >= 11 is 0. The number of ether oxygens (including phenoxy) is 1. The predicted octanol–water partition coefficient (Wildman–Crippen LogP) is 3.89. The lowest BCUT2D eigenvalue weighted by Crippen LogP contribution is -2.35. The lowest BCUT2D eigenvalue weighted by atomic mass is 10.0. The van der Waals surface area contributed by atoms with Gasteiger partial charge >= 0.3 is 6.18 Å². The van der Waals surface area contributed by atoms with Gasteiger partial charge in [-0.05, 0) is 30.3 Å². The molecular weight excluding hydrogens is 461 g/mol. The number of aromatic nitrogens is 4. The Morgan fingerprint density at radius 3 is 2.54 bits per heavy atom. The van der Waals surface area contributed by atoms with Gasteiger partial charge in [0, 0.05) is 31.4 Å². The number of anilines is 1. The quantitative estimate of drug-likeness (QED) is 0.465. The maximum atomic E-state index is 13.5. The van der Waals surface area contributed by atoms with E-state index in [1.807, 2.05) is 0 Å².